The van der Waals surface area contributed by atoms with Gasteiger partial charge in [-0.15, -0.1) is 11.3 Å². The fourth-order valence-corrected chi connectivity index (χ4v) is 5.72. The van der Waals surface area contributed by atoms with Crippen LogP contribution < -0.4 is 10.2 Å². The van der Waals surface area contributed by atoms with Gasteiger partial charge in [-0.05, 0) is 70.6 Å². The molecule has 1 aliphatic heterocycles. The zero-order valence-electron chi connectivity index (χ0n) is 17.3. The molecule has 2 aromatic carbocycles. The van der Waals surface area contributed by atoms with Crippen LogP contribution in [0.3, 0.4) is 0 Å². The molecule has 4 aromatic rings. The van der Waals surface area contributed by atoms with Gasteiger partial charge in [0.05, 0.1) is 16.0 Å². The molecule has 1 N–H and O–H groups in total. The van der Waals surface area contributed by atoms with E-state index in [1.807, 2.05) is 32.0 Å². The van der Waals surface area contributed by atoms with Gasteiger partial charge in [-0.1, -0.05) is 30.3 Å². The maximum atomic E-state index is 13.1. The van der Waals surface area contributed by atoms with E-state index in [-0.39, 0.29) is 5.91 Å². The number of halogens is 1. The van der Waals surface area contributed by atoms with Crippen molar-refractivity contribution >= 4 is 54.9 Å². The lowest BCUT2D eigenvalue weighted by molar-refractivity contribution is 0.103. The van der Waals surface area contributed by atoms with Crippen LogP contribution in [0.4, 0.5) is 11.5 Å². The predicted molar refractivity (Wildman–Crippen MR) is 130 cm³/mol. The van der Waals surface area contributed by atoms with Crippen molar-refractivity contribution < 1.29 is 4.79 Å². The van der Waals surface area contributed by atoms with Crippen molar-refractivity contribution in [3.05, 3.63) is 80.4 Å². The molecule has 0 saturated heterocycles. The van der Waals surface area contributed by atoms with E-state index in [1.54, 1.807) is 6.33 Å². The summed E-state index contributed by atoms with van der Waals surface area (Å²) in [4.78, 5) is 26.0. The minimum atomic E-state index is -0.125. The van der Waals surface area contributed by atoms with Crippen LogP contribution in [0.15, 0.2) is 53.3 Å². The third-order valence-electron chi connectivity index (χ3n) is 5.72. The van der Waals surface area contributed by atoms with Crippen LogP contribution in [-0.4, -0.2) is 22.4 Å². The van der Waals surface area contributed by atoms with E-state index in [0.29, 0.717) is 4.88 Å². The van der Waals surface area contributed by atoms with Crippen molar-refractivity contribution in [1.82, 2.24) is 9.97 Å². The average Bonchev–Trinajstić information content (AvgIpc) is 3.12. The zero-order valence-corrected chi connectivity index (χ0v) is 19.7. The highest BCUT2D eigenvalue weighted by atomic mass is 79.9. The third kappa shape index (κ3) is 3.72. The van der Waals surface area contributed by atoms with Crippen LogP contribution >= 0.6 is 27.3 Å². The number of fused-ring (bicyclic) bond motifs is 2. The third-order valence-corrected chi connectivity index (χ3v) is 7.57. The van der Waals surface area contributed by atoms with Crippen molar-refractivity contribution in [1.29, 1.82) is 0 Å². The summed E-state index contributed by atoms with van der Waals surface area (Å²) in [7, 11) is 0. The van der Waals surface area contributed by atoms with Crippen LogP contribution in [-0.2, 0) is 13.0 Å². The van der Waals surface area contributed by atoms with Gasteiger partial charge < -0.3 is 10.2 Å². The Morgan fingerprint density at radius 1 is 1.13 bits per heavy atom. The van der Waals surface area contributed by atoms with Gasteiger partial charge in [0, 0.05) is 17.6 Å². The summed E-state index contributed by atoms with van der Waals surface area (Å²) in [6.07, 6.45) is 2.59. The fraction of sp³-hybridized carbons (Fsp3) is 0.208. The fourth-order valence-electron chi connectivity index (χ4n) is 4.09. The summed E-state index contributed by atoms with van der Waals surface area (Å²) < 4.78 is 0.868. The van der Waals surface area contributed by atoms with Crippen molar-refractivity contribution in [3.63, 3.8) is 0 Å². The van der Waals surface area contributed by atoms with E-state index in [4.69, 9.17) is 0 Å². The van der Waals surface area contributed by atoms with Crippen LogP contribution in [0.2, 0.25) is 0 Å². The number of aryl methyl sites for hydroxylation is 2. The first-order valence-electron chi connectivity index (χ1n) is 10.1. The summed E-state index contributed by atoms with van der Waals surface area (Å²) in [5.74, 6) is 0.781. The molecule has 0 radical (unpaired) electrons. The van der Waals surface area contributed by atoms with Gasteiger partial charge in [0.15, 0.2) is 0 Å². The number of hydrogen-bond acceptors (Lipinski definition) is 5. The molecule has 0 unspecified atom stereocenters. The smallest absolute Gasteiger partial charge is 0.266 e. The van der Waals surface area contributed by atoms with Crippen LogP contribution in [0.1, 0.15) is 31.9 Å². The first kappa shape index (κ1) is 20.2. The number of amides is 1. The molecule has 156 valence electrons. The molecule has 5 rings (SSSR count). The normalized spacial score (nSPS) is 13.3. The second-order valence-corrected chi connectivity index (χ2v) is 9.66. The second-order valence-electron chi connectivity index (χ2n) is 7.81. The van der Waals surface area contributed by atoms with Crippen LogP contribution in [0, 0.1) is 13.8 Å². The summed E-state index contributed by atoms with van der Waals surface area (Å²) in [5, 5.41) is 4.00. The lowest BCUT2D eigenvalue weighted by Crippen LogP contribution is -2.31. The number of nitrogens with zero attached hydrogens (tertiary/aromatic N) is 3. The van der Waals surface area contributed by atoms with Crippen molar-refractivity contribution in [3.8, 4) is 0 Å². The first-order valence-corrected chi connectivity index (χ1v) is 11.8. The maximum absolute atomic E-state index is 13.1. The summed E-state index contributed by atoms with van der Waals surface area (Å²) in [6.45, 7) is 5.72. The lowest BCUT2D eigenvalue weighted by atomic mass is 9.99. The molecular weight excluding hydrogens is 472 g/mol. The Balaban J connectivity index is 1.50. The molecule has 7 heteroatoms. The van der Waals surface area contributed by atoms with Gasteiger partial charge in [0.1, 0.15) is 17.0 Å². The molecule has 1 aliphatic rings. The van der Waals surface area contributed by atoms with E-state index in [9.17, 15) is 4.79 Å². The number of thiophene rings is 1. The number of hydrogen-bond donors (Lipinski definition) is 1. The van der Waals surface area contributed by atoms with Gasteiger partial charge in [0.2, 0.25) is 0 Å². The molecule has 0 spiro atoms. The monoisotopic (exact) mass is 492 g/mol. The Kier molecular flexibility index (Phi) is 5.24. The number of benzene rings is 2. The van der Waals surface area contributed by atoms with Crippen molar-refractivity contribution in [2.24, 2.45) is 0 Å². The van der Waals surface area contributed by atoms with Crippen LogP contribution in [0.25, 0.3) is 10.2 Å². The lowest BCUT2D eigenvalue weighted by Gasteiger charge is -2.30. The maximum Gasteiger partial charge on any atom is 0.266 e. The highest BCUT2D eigenvalue weighted by Crippen LogP contribution is 2.37. The molecule has 0 saturated carbocycles. The molecule has 3 heterocycles. The van der Waals surface area contributed by atoms with E-state index in [1.165, 1.54) is 22.5 Å². The second kappa shape index (κ2) is 8.05. The van der Waals surface area contributed by atoms with E-state index in [2.05, 4.69) is 60.4 Å². The number of carbonyl (C=O) groups excluding carboxylic acids is 1. The predicted octanol–water partition coefficient (Wildman–Crippen LogP) is 5.89. The molecule has 2 aromatic heterocycles. The van der Waals surface area contributed by atoms with Gasteiger partial charge >= 0.3 is 0 Å². The Labute approximate surface area is 193 Å². The summed E-state index contributed by atoms with van der Waals surface area (Å²) >= 11 is 4.96. The van der Waals surface area contributed by atoms with Crippen LogP contribution in [0.5, 0.6) is 0 Å². The quantitative estimate of drug-likeness (QED) is 0.387. The van der Waals surface area contributed by atoms with Gasteiger partial charge in [0.25, 0.3) is 5.91 Å². The Bertz CT molecular complexity index is 1320. The molecule has 0 atom stereocenters. The standard InChI is InChI=1S/C24H21BrN4OS/c1-14-7-8-19(18(25)11-14)28-23(30)21-15(2)20-22(26-13-27-24(20)31-21)29-10-9-16-5-3-4-6-17(16)12-29/h3-8,11,13H,9-10,12H2,1-2H3,(H,28,30). The molecule has 0 fully saturated rings. The summed E-state index contributed by atoms with van der Waals surface area (Å²) in [5.41, 5.74) is 5.54. The van der Waals surface area contributed by atoms with Crippen molar-refractivity contribution in [2.75, 3.05) is 16.8 Å². The number of aromatic nitrogens is 2. The Morgan fingerprint density at radius 2 is 1.94 bits per heavy atom. The van der Waals surface area contributed by atoms with Gasteiger partial charge in [-0.3, -0.25) is 4.79 Å². The van der Waals surface area contributed by atoms with E-state index in [0.717, 1.165) is 56.8 Å². The topological polar surface area (TPSA) is 58.1 Å². The molecule has 0 aliphatic carbocycles. The Morgan fingerprint density at radius 3 is 2.74 bits per heavy atom. The number of carbonyl (C=O) groups is 1. The minimum Gasteiger partial charge on any atom is -0.351 e. The first-order chi connectivity index (χ1) is 15.0. The molecule has 0 bridgehead atoms. The molecule has 5 nitrogen and oxygen atoms in total. The van der Waals surface area contributed by atoms with Gasteiger partial charge in [-0.25, -0.2) is 9.97 Å². The Hall–Kier alpha value is -2.77. The van der Waals surface area contributed by atoms with E-state index < -0.39 is 0 Å². The number of nitrogens with one attached hydrogen (secondary N) is 1. The molecule has 31 heavy (non-hydrogen) atoms. The van der Waals surface area contributed by atoms with E-state index >= 15 is 0 Å². The molecular formula is C24H21BrN4OS. The summed E-state index contributed by atoms with van der Waals surface area (Å²) in [6, 6.07) is 14.4. The largest absolute Gasteiger partial charge is 0.351 e. The molecule has 1 amide bonds. The zero-order chi connectivity index (χ0) is 21.5. The highest BCUT2D eigenvalue weighted by molar-refractivity contribution is 9.10. The average molecular weight is 493 g/mol. The van der Waals surface area contributed by atoms with Gasteiger partial charge in [-0.2, -0.15) is 0 Å². The highest BCUT2D eigenvalue weighted by Gasteiger charge is 2.24. The number of anilines is 2. The van der Waals surface area contributed by atoms with Crippen molar-refractivity contribution in [2.45, 2.75) is 26.8 Å². The number of rotatable bonds is 3. The SMILES string of the molecule is Cc1ccc(NC(=O)c2sc3ncnc(N4CCc5ccccc5C4)c3c2C)c(Br)c1. The minimum absolute atomic E-state index is 0.125.